The van der Waals surface area contributed by atoms with Gasteiger partial charge >= 0.3 is 0 Å². The lowest BCUT2D eigenvalue weighted by Crippen LogP contribution is -2.39. The van der Waals surface area contributed by atoms with Gasteiger partial charge in [-0.15, -0.1) is 0 Å². The van der Waals surface area contributed by atoms with Gasteiger partial charge in [-0.2, -0.15) is 0 Å². The Morgan fingerprint density at radius 2 is 1.56 bits per heavy atom. The van der Waals surface area contributed by atoms with Crippen LogP contribution in [0.2, 0.25) is 0 Å². The first-order valence-electron chi connectivity index (χ1n) is 8.70. The van der Waals surface area contributed by atoms with Crippen molar-refractivity contribution in [3.63, 3.8) is 0 Å². The molecule has 1 saturated heterocycles. The van der Waals surface area contributed by atoms with Crippen molar-refractivity contribution < 1.29 is 9.59 Å². The van der Waals surface area contributed by atoms with Crippen molar-refractivity contribution in [2.24, 2.45) is 0 Å². The molecule has 1 aromatic heterocycles. The van der Waals surface area contributed by atoms with Crippen LogP contribution in [0.15, 0.2) is 54.9 Å². The quantitative estimate of drug-likeness (QED) is 0.865. The van der Waals surface area contributed by atoms with E-state index in [1.54, 1.807) is 24.5 Å². The lowest BCUT2D eigenvalue weighted by Gasteiger charge is -2.25. The summed E-state index contributed by atoms with van der Waals surface area (Å²) in [7, 11) is 0. The van der Waals surface area contributed by atoms with Gasteiger partial charge in [0.2, 0.25) is 5.91 Å². The first kappa shape index (κ1) is 17.1. The van der Waals surface area contributed by atoms with Crippen molar-refractivity contribution >= 4 is 11.8 Å². The van der Waals surface area contributed by atoms with Crippen LogP contribution in [0.4, 0.5) is 0 Å². The summed E-state index contributed by atoms with van der Waals surface area (Å²) in [6, 6.07) is 13.3. The third-order valence-corrected chi connectivity index (χ3v) is 4.69. The molecule has 0 spiro atoms. The summed E-state index contributed by atoms with van der Waals surface area (Å²) in [6.45, 7) is 4.45. The first-order chi connectivity index (χ1) is 12.2. The number of pyridine rings is 1. The molecule has 2 aromatic rings. The SMILES string of the molecule is C[C@@H](C(=O)N1CCCN(C(=O)c2ccncc2)CC1)c1ccccc1. The van der Waals surface area contributed by atoms with Crippen LogP contribution in [0.1, 0.15) is 35.2 Å². The summed E-state index contributed by atoms with van der Waals surface area (Å²) in [5, 5.41) is 0. The van der Waals surface area contributed by atoms with Crippen molar-refractivity contribution in [2.75, 3.05) is 26.2 Å². The van der Waals surface area contributed by atoms with Crippen molar-refractivity contribution in [3.05, 3.63) is 66.0 Å². The van der Waals surface area contributed by atoms with Crippen LogP contribution in [0.25, 0.3) is 0 Å². The van der Waals surface area contributed by atoms with Gasteiger partial charge in [0.1, 0.15) is 0 Å². The normalized spacial score (nSPS) is 16.2. The molecule has 2 heterocycles. The third kappa shape index (κ3) is 4.05. The average molecular weight is 337 g/mol. The molecule has 25 heavy (non-hydrogen) atoms. The monoisotopic (exact) mass is 337 g/mol. The lowest BCUT2D eigenvalue weighted by molar-refractivity contribution is -0.132. The third-order valence-electron chi connectivity index (χ3n) is 4.69. The van der Waals surface area contributed by atoms with E-state index in [1.807, 2.05) is 47.1 Å². The number of hydrogen-bond donors (Lipinski definition) is 0. The van der Waals surface area contributed by atoms with Crippen LogP contribution in [0.5, 0.6) is 0 Å². The molecule has 0 N–H and O–H groups in total. The van der Waals surface area contributed by atoms with Crippen molar-refractivity contribution in [2.45, 2.75) is 19.3 Å². The van der Waals surface area contributed by atoms with Gasteiger partial charge in [0.15, 0.2) is 0 Å². The van der Waals surface area contributed by atoms with Crippen LogP contribution >= 0.6 is 0 Å². The highest BCUT2D eigenvalue weighted by molar-refractivity contribution is 5.94. The van der Waals surface area contributed by atoms with Crippen LogP contribution in [-0.2, 0) is 4.79 Å². The van der Waals surface area contributed by atoms with Gasteiger partial charge in [0, 0.05) is 44.1 Å². The number of rotatable bonds is 3. The van der Waals surface area contributed by atoms with Gasteiger partial charge in [-0.3, -0.25) is 14.6 Å². The van der Waals surface area contributed by atoms with Gasteiger partial charge in [-0.05, 0) is 31.0 Å². The number of amides is 2. The Labute approximate surface area is 148 Å². The molecule has 0 radical (unpaired) electrons. The maximum absolute atomic E-state index is 12.8. The zero-order chi connectivity index (χ0) is 17.6. The summed E-state index contributed by atoms with van der Waals surface area (Å²) < 4.78 is 0. The molecule has 1 fully saturated rings. The van der Waals surface area contributed by atoms with Crippen molar-refractivity contribution in [1.82, 2.24) is 14.8 Å². The lowest BCUT2D eigenvalue weighted by atomic mass is 10.00. The smallest absolute Gasteiger partial charge is 0.254 e. The second-order valence-electron chi connectivity index (χ2n) is 6.34. The van der Waals surface area contributed by atoms with Crippen LogP contribution in [0.3, 0.4) is 0 Å². The van der Waals surface area contributed by atoms with E-state index in [9.17, 15) is 9.59 Å². The highest BCUT2D eigenvalue weighted by Crippen LogP contribution is 2.19. The zero-order valence-electron chi connectivity index (χ0n) is 14.5. The molecular formula is C20H23N3O2. The van der Waals surface area contributed by atoms with E-state index in [2.05, 4.69) is 4.98 Å². The molecule has 130 valence electrons. The average Bonchev–Trinajstić information content (AvgIpc) is 2.94. The minimum atomic E-state index is -0.163. The minimum Gasteiger partial charge on any atom is -0.340 e. The van der Waals surface area contributed by atoms with E-state index >= 15 is 0 Å². The maximum atomic E-state index is 12.8. The van der Waals surface area contributed by atoms with Crippen LogP contribution in [0, 0.1) is 0 Å². The van der Waals surface area contributed by atoms with Crippen LogP contribution in [-0.4, -0.2) is 52.8 Å². The number of carbonyl (C=O) groups excluding carboxylic acids is 2. The molecule has 1 aliphatic heterocycles. The molecule has 1 aliphatic rings. The van der Waals surface area contributed by atoms with E-state index in [0.717, 1.165) is 12.0 Å². The zero-order valence-corrected chi connectivity index (χ0v) is 14.5. The summed E-state index contributed by atoms with van der Waals surface area (Å²) >= 11 is 0. The van der Waals surface area contributed by atoms with Crippen LogP contribution < -0.4 is 0 Å². The van der Waals surface area contributed by atoms with Crippen molar-refractivity contribution in [3.8, 4) is 0 Å². The van der Waals surface area contributed by atoms with E-state index in [-0.39, 0.29) is 17.7 Å². The van der Waals surface area contributed by atoms with Gasteiger partial charge in [0.25, 0.3) is 5.91 Å². The number of carbonyl (C=O) groups is 2. The molecule has 0 saturated carbocycles. The van der Waals surface area contributed by atoms with E-state index in [4.69, 9.17) is 0 Å². The number of hydrogen-bond acceptors (Lipinski definition) is 3. The molecule has 0 unspecified atom stereocenters. The molecule has 5 heteroatoms. The summed E-state index contributed by atoms with van der Waals surface area (Å²) in [6.07, 6.45) is 4.05. The van der Waals surface area contributed by atoms with E-state index < -0.39 is 0 Å². The summed E-state index contributed by atoms with van der Waals surface area (Å²) in [5.74, 6) is -0.0270. The standard InChI is InChI=1S/C20H23N3O2/c1-16(17-6-3-2-4-7-17)19(24)22-12-5-13-23(15-14-22)20(25)18-8-10-21-11-9-18/h2-4,6-11,16H,5,12-15H2,1H3/t16-/m1/s1. The van der Waals surface area contributed by atoms with Crippen molar-refractivity contribution in [1.29, 1.82) is 0 Å². The Morgan fingerprint density at radius 3 is 2.28 bits per heavy atom. The minimum absolute atomic E-state index is 0.00723. The molecule has 5 nitrogen and oxygen atoms in total. The largest absolute Gasteiger partial charge is 0.340 e. The fraction of sp³-hybridized carbons (Fsp3) is 0.350. The Kier molecular flexibility index (Phi) is 5.43. The molecule has 1 aromatic carbocycles. The topological polar surface area (TPSA) is 53.5 Å². The highest BCUT2D eigenvalue weighted by atomic mass is 16.2. The maximum Gasteiger partial charge on any atom is 0.254 e. The summed E-state index contributed by atoms with van der Waals surface area (Å²) in [4.78, 5) is 33.1. The number of nitrogens with zero attached hydrogens (tertiary/aromatic N) is 3. The predicted molar refractivity (Wildman–Crippen MR) is 96.2 cm³/mol. The Balaban J connectivity index is 1.63. The molecule has 2 amide bonds. The fourth-order valence-corrected chi connectivity index (χ4v) is 3.18. The first-order valence-corrected chi connectivity index (χ1v) is 8.70. The van der Waals surface area contributed by atoms with Gasteiger partial charge in [0.05, 0.1) is 5.92 Å². The molecule has 1 atom stereocenters. The summed E-state index contributed by atoms with van der Waals surface area (Å²) in [5.41, 5.74) is 1.67. The Morgan fingerprint density at radius 1 is 0.920 bits per heavy atom. The number of aromatic nitrogens is 1. The molecule has 0 aliphatic carbocycles. The molecular weight excluding hydrogens is 314 g/mol. The second kappa shape index (κ2) is 7.92. The fourth-order valence-electron chi connectivity index (χ4n) is 3.18. The van der Waals surface area contributed by atoms with E-state index in [1.165, 1.54) is 0 Å². The predicted octanol–water partition coefficient (Wildman–Crippen LogP) is 2.56. The Hall–Kier alpha value is -2.69. The second-order valence-corrected chi connectivity index (χ2v) is 6.34. The van der Waals surface area contributed by atoms with Gasteiger partial charge < -0.3 is 9.80 Å². The number of benzene rings is 1. The highest BCUT2D eigenvalue weighted by Gasteiger charge is 2.26. The molecule has 0 bridgehead atoms. The Bertz CT molecular complexity index is 718. The molecule has 3 rings (SSSR count). The van der Waals surface area contributed by atoms with Gasteiger partial charge in [-0.25, -0.2) is 0 Å². The van der Waals surface area contributed by atoms with E-state index in [0.29, 0.717) is 31.7 Å². The van der Waals surface area contributed by atoms with Gasteiger partial charge in [-0.1, -0.05) is 30.3 Å².